The highest BCUT2D eigenvalue weighted by molar-refractivity contribution is 6.32. The average Bonchev–Trinajstić information content (AvgIpc) is 3.09. The van der Waals surface area contributed by atoms with Crippen LogP contribution in [-0.2, 0) is 10.3 Å². The van der Waals surface area contributed by atoms with Gasteiger partial charge in [0.1, 0.15) is 5.60 Å². The van der Waals surface area contributed by atoms with Gasteiger partial charge < -0.3 is 20.0 Å². The molecule has 0 unspecified atom stereocenters. The third-order valence-electron chi connectivity index (χ3n) is 4.25. The van der Waals surface area contributed by atoms with Crippen molar-refractivity contribution in [2.24, 2.45) is 0 Å². The molecule has 4 nitrogen and oxygen atoms in total. The molecule has 1 aliphatic heterocycles. The molecule has 1 saturated heterocycles. The molecule has 0 spiro atoms. The van der Waals surface area contributed by atoms with E-state index in [0.717, 1.165) is 30.5 Å². The van der Waals surface area contributed by atoms with Crippen LogP contribution >= 0.6 is 0 Å². The van der Waals surface area contributed by atoms with Crippen LogP contribution in [0, 0.1) is 0 Å². The maximum Gasteiger partial charge on any atom is 0.634 e. The monoisotopic (exact) mass is 297 g/mol. The van der Waals surface area contributed by atoms with Crippen LogP contribution in [0.2, 0.25) is 0 Å². The van der Waals surface area contributed by atoms with Crippen LogP contribution in [0.15, 0.2) is 60.7 Å². The minimum atomic E-state index is -1.84. The first-order valence-electron chi connectivity index (χ1n) is 7.62. The molecule has 0 aliphatic carbocycles. The van der Waals surface area contributed by atoms with Crippen molar-refractivity contribution in [3.8, 4) is 0 Å². The smallest absolute Gasteiger partial charge is 0.402 e. The molecule has 5 heteroatoms. The molecule has 2 aromatic carbocycles. The van der Waals surface area contributed by atoms with E-state index in [2.05, 4.69) is 5.32 Å². The third kappa shape index (κ3) is 2.81. The molecule has 0 radical (unpaired) electrons. The summed E-state index contributed by atoms with van der Waals surface area (Å²) in [5, 5.41) is 22.6. The minimum Gasteiger partial charge on any atom is -0.402 e. The van der Waals surface area contributed by atoms with Gasteiger partial charge in [-0.25, -0.2) is 0 Å². The van der Waals surface area contributed by atoms with Gasteiger partial charge in [-0.05, 0) is 30.5 Å². The molecule has 0 aromatic heterocycles. The van der Waals surface area contributed by atoms with Gasteiger partial charge in [0.15, 0.2) is 0 Å². The van der Waals surface area contributed by atoms with Crippen molar-refractivity contribution < 1.29 is 14.7 Å². The van der Waals surface area contributed by atoms with Gasteiger partial charge >= 0.3 is 7.32 Å². The second-order valence-electron chi connectivity index (χ2n) is 5.56. The third-order valence-corrected chi connectivity index (χ3v) is 4.25. The Balaban J connectivity index is 2.17. The molecule has 0 saturated carbocycles. The van der Waals surface area contributed by atoms with Crippen LogP contribution < -0.4 is 5.32 Å². The first kappa shape index (κ1) is 15.2. The van der Waals surface area contributed by atoms with Gasteiger partial charge in [0.25, 0.3) is 0 Å². The largest absolute Gasteiger partial charge is 0.634 e. The minimum absolute atomic E-state index is 0.0147. The molecule has 22 heavy (non-hydrogen) atoms. The maximum absolute atomic E-state index is 9.58. The lowest BCUT2D eigenvalue weighted by Crippen LogP contribution is -2.51. The zero-order valence-corrected chi connectivity index (χ0v) is 12.4. The van der Waals surface area contributed by atoms with E-state index in [1.165, 1.54) is 0 Å². The fraction of sp³-hybridized carbons (Fsp3) is 0.294. The lowest BCUT2D eigenvalue weighted by molar-refractivity contribution is 0.0217. The van der Waals surface area contributed by atoms with Gasteiger partial charge in [-0.1, -0.05) is 60.7 Å². The van der Waals surface area contributed by atoms with E-state index in [1.807, 2.05) is 60.7 Å². The fourth-order valence-corrected chi connectivity index (χ4v) is 3.36. The number of hydrogen-bond donors (Lipinski definition) is 3. The van der Waals surface area contributed by atoms with Crippen LogP contribution in [0.5, 0.6) is 0 Å². The summed E-state index contributed by atoms with van der Waals surface area (Å²) in [5.41, 5.74) is 0.898. The second-order valence-corrected chi connectivity index (χ2v) is 5.56. The highest BCUT2D eigenvalue weighted by Gasteiger charge is 2.46. The van der Waals surface area contributed by atoms with Crippen LogP contribution in [0.3, 0.4) is 0 Å². The Morgan fingerprint density at radius 3 is 1.91 bits per heavy atom. The Labute approximate surface area is 130 Å². The molecule has 3 N–H and O–H groups in total. The van der Waals surface area contributed by atoms with E-state index in [4.69, 9.17) is 4.65 Å². The highest BCUT2D eigenvalue weighted by atomic mass is 16.6. The zero-order chi connectivity index (χ0) is 15.4. The maximum atomic E-state index is 9.58. The molecule has 1 atom stereocenters. The van der Waals surface area contributed by atoms with Gasteiger partial charge in [0.2, 0.25) is 0 Å². The van der Waals surface area contributed by atoms with Crippen molar-refractivity contribution in [1.29, 1.82) is 0 Å². The number of benzene rings is 2. The Morgan fingerprint density at radius 1 is 0.955 bits per heavy atom. The lowest BCUT2D eigenvalue weighted by Gasteiger charge is -2.40. The molecule has 114 valence electrons. The predicted octanol–water partition coefficient (Wildman–Crippen LogP) is 1.67. The normalized spacial score (nSPS) is 18.4. The van der Waals surface area contributed by atoms with Crippen LogP contribution in [-0.4, -0.2) is 30.0 Å². The number of nitrogens with one attached hydrogen (secondary N) is 1. The summed E-state index contributed by atoms with van der Waals surface area (Å²) in [7, 11) is -1.84. The molecular weight excluding hydrogens is 277 g/mol. The Hall–Kier alpha value is -1.66. The van der Waals surface area contributed by atoms with E-state index < -0.39 is 12.9 Å². The quantitative estimate of drug-likeness (QED) is 0.735. The molecule has 3 rings (SSSR count). The average molecular weight is 297 g/mol. The van der Waals surface area contributed by atoms with Crippen molar-refractivity contribution in [2.75, 3.05) is 6.54 Å². The summed E-state index contributed by atoms with van der Waals surface area (Å²) in [4.78, 5) is 0. The molecular formula is C17H20BNO3. The van der Waals surface area contributed by atoms with Crippen molar-refractivity contribution in [3.05, 3.63) is 71.8 Å². The molecule has 0 bridgehead atoms. The summed E-state index contributed by atoms with van der Waals surface area (Å²) >= 11 is 0. The second kappa shape index (κ2) is 6.63. The number of hydrogen-bond acceptors (Lipinski definition) is 4. The van der Waals surface area contributed by atoms with Crippen molar-refractivity contribution in [3.63, 3.8) is 0 Å². The number of rotatable bonds is 5. The predicted molar refractivity (Wildman–Crippen MR) is 86.0 cm³/mol. The molecule has 1 heterocycles. The topological polar surface area (TPSA) is 61.7 Å². The van der Waals surface area contributed by atoms with Crippen LogP contribution in [0.1, 0.15) is 24.0 Å². The summed E-state index contributed by atoms with van der Waals surface area (Å²) in [6.45, 7) is 0.900. The lowest BCUT2D eigenvalue weighted by atomic mass is 9.78. The molecule has 1 fully saturated rings. The molecule has 0 amide bonds. The summed E-state index contributed by atoms with van der Waals surface area (Å²) in [5.74, 6) is 0. The first-order chi connectivity index (χ1) is 10.7. The van der Waals surface area contributed by atoms with E-state index in [-0.39, 0.29) is 6.04 Å². The van der Waals surface area contributed by atoms with Gasteiger partial charge in [-0.15, -0.1) is 0 Å². The van der Waals surface area contributed by atoms with Gasteiger partial charge in [0, 0.05) is 6.04 Å². The van der Waals surface area contributed by atoms with E-state index in [0.29, 0.717) is 0 Å². The SMILES string of the molecule is OB(O)OC(c1ccccc1)(c1ccccc1)[C@@H]1CCCN1. The Morgan fingerprint density at radius 2 is 1.50 bits per heavy atom. The zero-order valence-electron chi connectivity index (χ0n) is 12.4. The van der Waals surface area contributed by atoms with Crippen molar-refractivity contribution in [2.45, 2.75) is 24.5 Å². The Kier molecular flexibility index (Phi) is 4.59. The standard InChI is InChI=1S/C17H20BNO3/c20-18(21)22-17(16-12-7-13-19-16,14-8-3-1-4-9-14)15-10-5-2-6-11-15/h1-6,8-11,16,19-21H,7,12-13H2/t16-/m0/s1. The van der Waals surface area contributed by atoms with Gasteiger partial charge in [0.05, 0.1) is 0 Å². The van der Waals surface area contributed by atoms with Crippen LogP contribution in [0.25, 0.3) is 0 Å². The van der Waals surface area contributed by atoms with Crippen molar-refractivity contribution in [1.82, 2.24) is 5.32 Å². The summed E-state index contributed by atoms with van der Waals surface area (Å²) in [6, 6.07) is 19.5. The first-order valence-corrected chi connectivity index (χ1v) is 7.62. The van der Waals surface area contributed by atoms with Gasteiger partial charge in [-0.2, -0.15) is 0 Å². The van der Waals surface area contributed by atoms with E-state index in [1.54, 1.807) is 0 Å². The fourth-order valence-electron chi connectivity index (χ4n) is 3.36. The van der Waals surface area contributed by atoms with Crippen LogP contribution in [0.4, 0.5) is 0 Å². The molecule has 2 aromatic rings. The molecule has 1 aliphatic rings. The van der Waals surface area contributed by atoms with E-state index >= 15 is 0 Å². The highest BCUT2D eigenvalue weighted by Crippen LogP contribution is 2.40. The van der Waals surface area contributed by atoms with Gasteiger partial charge in [-0.3, -0.25) is 0 Å². The summed E-state index contributed by atoms with van der Waals surface area (Å²) < 4.78 is 5.74. The van der Waals surface area contributed by atoms with E-state index in [9.17, 15) is 10.0 Å². The summed E-state index contributed by atoms with van der Waals surface area (Å²) in [6.07, 6.45) is 1.95. The van der Waals surface area contributed by atoms with Crippen molar-refractivity contribution >= 4 is 7.32 Å². The Bertz CT molecular complexity index is 546.